The molecule has 2 rings (SSSR count). The summed E-state index contributed by atoms with van der Waals surface area (Å²) in [6.45, 7) is 7.14. The molecule has 0 aromatic heterocycles. The maximum atomic E-state index is 13.7. The zero-order valence-corrected chi connectivity index (χ0v) is 22.9. The number of anilines is 1. The molecule has 1 atom stereocenters. The Bertz CT molecular complexity index is 1170. The van der Waals surface area contributed by atoms with Crippen LogP contribution in [0.15, 0.2) is 42.5 Å². The summed E-state index contributed by atoms with van der Waals surface area (Å²) in [7, 11) is -0.932. The van der Waals surface area contributed by atoms with Gasteiger partial charge < -0.3 is 19.7 Å². The number of aryl methyl sites for hydroxylation is 1. The van der Waals surface area contributed by atoms with Crippen LogP contribution in [0.25, 0.3) is 0 Å². The Hall–Kier alpha value is -3.27. The Morgan fingerprint density at radius 3 is 2.19 bits per heavy atom. The first-order valence-corrected chi connectivity index (χ1v) is 13.6. The van der Waals surface area contributed by atoms with Gasteiger partial charge in [0, 0.05) is 18.7 Å². The van der Waals surface area contributed by atoms with E-state index in [1.165, 1.54) is 25.2 Å². The van der Waals surface area contributed by atoms with Crippen molar-refractivity contribution in [2.24, 2.45) is 0 Å². The van der Waals surface area contributed by atoms with E-state index in [-0.39, 0.29) is 24.2 Å². The number of hydrogen-bond donors (Lipinski definition) is 1. The summed E-state index contributed by atoms with van der Waals surface area (Å²) in [5.74, 6) is -0.0232. The van der Waals surface area contributed by atoms with Crippen LogP contribution in [-0.2, 0) is 26.2 Å². The number of amides is 2. The van der Waals surface area contributed by atoms with Gasteiger partial charge in [-0.2, -0.15) is 0 Å². The lowest BCUT2D eigenvalue weighted by atomic mass is 10.1. The second-order valence-electron chi connectivity index (χ2n) is 8.84. The van der Waals surface area contributed by atoms with Crippen molar-refractivity contribution in [2.75, 3.05) is 31.3 Å². The van der Waals surface area contributed by atoms with Crippen molar-refractivity contribution < 1.29 is 27.5 Å². The molecule has 2 aromatic carbocycles. The summed E-state index contributed by atoms with van der Waals surface area (Å²) in [4.78, 5) is 28.2. The van der Waals surface area contributed by atoms with Crippen LogP contribution >= 0.6 is 0 Å². The zero-order chi connectivity index (χ0) is 27.0. The number of rotatable bonds is 12. The molecule has 0 fully saturated rings. The third-order valence-electron chi connectivity index (χ3n) is 5.75. The van der Waals surface area contributed by atoms with Gasteiger partial charge in [0.25, 0.3) is 0 Å². The molecule has 0 saturated carbocycles. The lowest BCUT2D eigenvalue weighted by Gasteiger charge is -2.33. The molecule has 0 bridgehead atoms. The number of hydrogen-bond acceptors (Lipinski definition) is 6. The predicted molar refractivity (Wildman–Crippen MR) is 141 cm³/mol. The van der Waals surface area contributed by atoms with E-state index in [2.05, 4.69) is 5.32 Å². The number of nitrogens with one attached hydrogen (secondary N) is 1. The quantitative estimate of drug-likeness (QED) is 0.462. The van der Waals surface area contributed by atoms with E-state index in [4.69, 9.17) is 9.47 Å². The minimum absolute atomic E-state index is 0.110. The van der Waals surface area contributed by atoms with E-state index in [1.54, 1.807) is 12.1 Å². The molecule has 0 aliphatic heterocycles. The van der Waals surface area contributed by atoms with Crippen LogP contribution in [0.3, 0.4) is 0 Å². The van der Waals surface area contributed by atoms with Gasteiger partial charge in [-0.25, -0.2) is 8.42 Å². The molecule has 36 heavy (non-hydrogen) atoms. The van der Waals surface area contributed by atoms with Gasteiger partial charge >= 0.3 is 0 Å². The molecule has 0 saturated heterocycles. The lowest BCUT2D eigenvalue weighted by Crippen LogP contribution is -2.53. The number of carbonyl (C=O) groups is 2. The normalized spacial score (nSPS) is 12.1. The van der Waals surface area contributed by atoms with Gasteiger partial charge in [-0.3, -0.25) is 13.9 Å². The van der Waals surface area contributed by atoms with Gasteiger partial charge in [0.2, 0.25) is 21.8 Å². The molecular weight excluding hydrogens is 482 g/mol. The Balaban J connectivity index is 2.50. The summed E-state index contributed by atoms with van der Waals surface area (Å²) in [6.07, 6.45) is 1.40. The second-order valence-corrected chi connectivity index (χ2v) is 10.8. The third kappa shape index (κ3) is 7.36. The molecule has 1 N–H and O–H groups in total. The molecular formula is C26H37N3O6S. The summed E-state index contributed by atoms with van der Waals surface area (Å²) in [5.41, 5.74) is 2.09. The molecule has 0 aliphatic rings. The van der Waals surface area contributed by atoms with Crippen LogP contribution < -0.4 is 19.1 Å². The van der Waals surface area contributed by atoms with Gasteiger partial charge in [0.15, 0.2) is 11.5 Å². The highest BCUT2D eigenvalue weighted by Gasteiger charge is 2.32. The van der Waals surface area contributed by atoms with Crippen molar-refractivity contribution in [3.63, 3.8) is 0 Å². The first-order chi connectivity index (χ1) is 16.9. The molecule has 0 heterocycles. The van der Waals surface area contributed by atoms with Gasteiger partial charge in [0.1, 0.15) is 12.6 Å². The highest BCUT2D eigenvalue weighted by atomic mass is 32.2. The molecule has 0 radical (unpaired) electrons. The van der Waals surface area contributed by atoms with Crippen LogP contribution in [0.4, 0.5) is 5.69 Å². The minimum Gasteiger partial charge on any atom is -0.493 e. The Morgan fingerprint density at radius 1 is 1.03 bits per heavy atom. The lowest BCUT2D eigenvalue weighted by molar-refractivity contribution is -0.140. The SMILES string of the molecule is CC[C@H](C(=O)NC(C)C)N(Cc1ccccc1C)C(=O)CN(c1ccc(OC)c(OC)c1)S(C)(=O)=O. The van der Waals surface area contributed by atoms with Crippen molar-refractivity contribution in [2.45, 2.75) is 52.7 Å². The minimum atomic E-state index is -3.85. The topological polar surface area (TPSA) is 105 Å². The largest absolute Gasteiger partial charge is 0.493 e. The first-order valence-electron chi connectivity index (χ1n) is 11.8. The van der Waals surface area contributed by atoms with Gasteiger partial charge in [-0.05, 0) is 50.5 Å². The maximum Gasteiger partial charge on any atom is 0.244 e. The zero-order valence-electron chi connectivity index (χ0n) is 22.1. The summed E-state index contributed by atoms with van der Waals surface area (Å²) < 4.78 is 37.1. The molecule has 10 heteroatoms. The Labute approximate surface area is 214 Å². The fourth-order valence-corrected chi connectivity index (χ4v) is 4.71. The van der Waals surface area contributed by atoms with E-state index in [1.807, 2.05) is 52.0 Å². The predicted octanol–water partition coefficient (Wildman–Crippen LogP) is 3.11. The summed E-state index contributed by atoms with van der Waals surface area (Å²) in [6, 6.07) is 11.3. The first kappa shape index (κ1) is 29.0. The van der Waals surface area contributed by atoms with Crippen LogP contribution in [0.2, 0.25) is 0 Å². The molecule has 2 amide bonds. The van der Waals surface area contributed by atoms with Crippen LogP contribution in [0.1, 0.15) is 38.3 Å². The van der Waals surface area contributed by atoms with Gasteiger partial charge in [-0.1, -0.05) is 31.2 Å². The van der Waals surface area contributed by atoms with E-state index in [0.29, 0.717) is 17.9 Å². The third-order valence-corrected chi connectivity index (χ3v) is 6.89. The number of ether oxygens (including phenoxy) is 2. The van der Waals surface area contributed by atoms with E-state index >= 15 is 0 Å². The molecule has 198 valence electrons. The second kappa shape index (κ2) is 12.6. The molecule has 0 spiro atoms. The highest BCUT2D eigenvalue weighted by molar-refractivity contribution is 7.92. The summed E-state index contributed by atoms with van der Waals surface area (Å²) in [5, 5.41) is 2.88. The van der Waals surface area contributed by atoms with Crippen molar-refractivity contribution >= 4 is 27.5 Å². The monoisotopic (exact) mass is 519 g/mol. The van der Waals surface area contributed by atoms with Crippen molar-refractivity contribution in [1.82, 2.24) is 10.2 Å². The van der Waals surface area contributed by atoms with Crippen molar-refractivity contribution in [3.8, 4) is 11.5 Å². The van der Waals surface area contributed by atoms with Crippen molar-refractivity contribution in [3.05, 3.63) is 53.6 Å². The smallest absolute Gasteiger partial charge is 0.244 e. The average molecular weight is 520 g/mol. The molecule has 0 unspecified atom stereocenters. The van der Waals surface area contributed by atoms with E-state index < -0.39 is 28.5 Å². The van der Waals surface area contributed by atoms with Crippen LogP contribution in [0, 0.1) is 6.92 Å². The van der Waals surface area contributed by atoms with Crippen LogP contribution in [0.5, 0.6) is 11.5 Å². The number of nitrogens with zero attached hydrogens (tertiary/aromatic N) is 2. The molecule has 0 aliphatic carbocycles. The number of benzene rings is 2. The average Bonchev–Trinajstić information content (AvgIpc) is 2.81. The molecule has 9 nitrogen and oxygen atoms in total. The highest BCUT2D eigenvalue weighted by Crippen LogP contribution is 2.32. The molecule has 2 aromatic rings. The number of sulfonamides is 1. The Kier molecular flexibility index (Phi) is 10.2. The Morgan fingerprint density at radius 2 is 1.67 bits per heavy atom. The van der Waals surface area contributed by atoms with E-state index in [9.17, 15) is 18.0 Å². The van der Waals surface area contributed by atoms with Gasteiger partial charge in [-0.15, -0.1) is 0 Å². The number of methoxy groups -OCH3 is 2. The standard InChI is InChI=1S/C26H37N3O6S/c1-8-22(26(31)27-18(2)3)28(16-20-12-10-9-11-19(20)4)25(30)17-29(36(7,32)33)21-13-14-23(34-5)24(15-21)35-6/h9-15,18,22H,8,16-17H2,1-7H3,(H,27,31)/t22-/m1/s1. The van der Waals surface area contributed by atoms with Crippen molar-refractivity contribution in [1.29, 1.82) is 0 Å². The maximum absolute atomic E-state index is 13.7. The van der Waals surface area contributed by atoms with E-state index in [0.717, 1.165) is 21.7 Å². The fraction of sp³-hybridized carbons (Fsp3) is 0.462. The van der Waals surface area contributed by atoms with Gasteiger partial charge in [0.05, 0.1) is 26.2 Å². The fourth-order valence-electron chi connectivity index (χ4n) is 3.86. The number of carbonyl (C=O) groups excluding carboxylic acids is 2. The summed E-state index contributed by atoms with van der Waals surface area (Å²) >= 11 is 0. The van der Waals surface area contributed by atoms with Crippen LogP contribution in [-0.4, -0.2) is 64.2 Å².